The molecule has 0 spiro atoms. The number of nitrogens with one attached hydrogen (secondary N) is 2. The van der Waals surface area contributed by atoms with Crippen molar-refractivity contribution in [1.82, 2.24) is 4.98 Å². The first-order chi connectivity index (χ1) is 12.1. The van der Waals surface area contributed by atoms with Crippen molar-refractivity contribution in [2.45, 2.75) is 26.1 Å². The Bertz CT molecular complexity index is 897. The van der Waals surface area contributed by atoms with E-state index in [2.05, 4.69) is 15.6 Å². The molecule has 9 heteroatoms. The van der Waals surface area contributed by atoms with Crippen molar-refractivity contribution in [1.29, 1.82) is 0 Å². The number of amides is 2. The summed E-state index contributed by atoms with van der Waals surface area (Å²) in [4.78, 5) is 27.4. The van der Waals surface area contributed by atoms with Gasteiger partial charge in [-0.3, -0.25) is 9.59 Å². The molecule has 2 aromatic rings. The van der Waals surface area contributed by atoms with Crippen molar-refractivity contribution < 1.29 is 27.5 Å². The molecule has 0 bridgehead atoms. The lowest BCUT2D eigenvalue weighted by Crippen LogP contribution is -2.34. The third-order valence-corrected chi connectivity index (χ3v) is 3.79. The summed E-state index contributed by atoms with van der Waals surface area (Å²) < 4.78 is 43.4. The smallest absolute Gasteiger partial charge is 0.433 e. The largest absolute Gasteiger partial charge is 0.479 e. The third-order valence-electron chi connectivity index (χ3n) is 3.79. The molecule has 0 radical (unpaired) electrons. The van der Waals surface area contributed by atoms with Crippen LogP contribution in [0.1, 0.15) is 28.7 Å². The molecular weight excluding hydrogens is 351 g/mol. The predicted molar refractivity (Wildman–Crippen MR) is 87.1 cm³/mol. The lowest BCUT2D eigenvalue weighted by molar-refractivity contribution is -0.141. The van der Waals surface area contributed by atoms with Gasteiger partial charge in [-0.15, -0.1) is 0 Å². The molecule has 1 aliphatic rings. The monoisotopic (exact) mass is 365 g/mol. The Morgan fingerprint density at radius 2 is 2.00 bits per heavy atom. The molecule has 1 aromatic carbocycles. The molecule has 26 heavy (non-hydrogen) atoms. The normalized spacial score (nSPS) is 16.3. The second-order valence-electron chi connectivity index (χ2n) is 5.74. The number of carbonyl (C=O) groups is 2. The topological polar surface area (TPSA) is 80.3 Å². The molecule has 2 amide bonds. The molecule has 1 unspecified atom stereocenters. The summed E-state index contributed by atoms with van der Waals surface area (Å²) in [5.41, 5.74) is -0.334. The highest BCUT2D eigenvalue weighted by Gasteiger charge is 2.33. The van der Waals surface area contributed by atoms with Crippen LogP contribution in [0.2, 0.25) is 0 Å². The summed E-state index contributed by atoms with van der Waals surface area (Å²) in [6, 6.07) is 6.48. The van der Waals surface area contributed by atoms with E-state index in [1.807, 2.05) is 0 Å². The van der Waals surface area contributed by atoms with Crippen LogP contribution in [-0.4, -0.2) is 22.9 Å². The van der Waals surface area contributed by atoms with Crippen LogP contribution in [0, 0.1) is 6.92 Å². The predicted octanol–water partition coefficient (Wildman–Crippen LogP) is 3.38. The van der Waals surface area contributed by atoms with Crippen LogP contribution in [0.4, 0.5) is 24.5 Å². The van der Waals surface area contributed by atoms with Crippen LogP contribution >= 0.6 is 0 Å². The Hall–Kier alpha value is -3.10. The SMILES string of the molecule is Cc1nc(C(F)(F)F)ccc1C(=O)Nc1ccc2c(c1)NC(=O)C(C)O2. The van der Waals surface area contributed by atoms with Crippen LogP contribution in [0.15, 0.2) is 30.3 Å². The molecule has 0 fully saturated rings. The lowest BCUT2D eigenvalue weighted by atomic mass is 10.1. The highest BCUT2D eigenvalue weighted by Crippen LogP contribution is 2.32. The number of anilines is 2. The molecule has 1 aliphatic heterocycles. The number of fused-ring (bicyclic) bond motifs is 1. The van der Waals surface area contributed by atoms with Gasteiger partial charge in [0.15, 0.2) is 6.10 Å². The van der Waals surface area contributed by atoms with E-state index in [9.17, 15) is 22.8 Å². The highest BCUT2D eigenvalue weighted by atomic mass is 19.4. The summed E-state index contributed by atoms with van der Waals surface area (Å²) in [5, 5.41) is 5.21. The van der Waals surface area contributed by atoms with Crippen LogP contribution in [0.3, 0.4) is 0 Å². The number of ether oxygens (including phenoxy) is 1. The number of aryl methyl sites for hydroxylation is 1. The molecule has 0 saturated heterocycles. The van der Waals surface area contributed by atoms with Gasteiger partial charge in [0.25, 0.3) is 11.8 Å². The Morgan fingerprint density at radius 1 is 1.27 bits per heavy atom. The molecular formula is C17H14F3N3O3. The number of hydrogen-bond acceptors (Lipinski definition) is 4. The first-order valence-electron chi connectivity index (χ1n) is 7.63. The zero-order valence-corrected chi connectivity index (χ0v) is 13.8. The molecule has 1 aromatic heterocycles. The average Bonchev–Trinajstić information content (AvgIpc) is 2.55. The Balaban J connectivity index is 1.81. The van der Waals surface area contributed by atoms with E-state index in [1.54, 1.807) is 19.1 Å². The van der Waals surface area contributed by atoms with Gasteiger partial charge in [-0.1, -0.05) is 0 Å². The first kappa shape index (κ1) is 17.7. The highest BCUT2D eigenvalue weighted by molar-refractivity contribution is 6.06. The fraction of sp³-hybridized carbons (Fsp3) is 0.235. The zero-order chi connectivity index (χ0) is 19.1. The number of benzene rings is 1. The fourth-order valence-electron chi connectivity index (χ4n) is 2.44. The summed E-state index contributed by atoms with van der Waals surface area (Å²) >= 11 is 0. The molecule has 2 heterocycles. The van der Waals surface area contributed by atoms with Crippen LogP contribution in [0.5, 0.6) is 5.75 Å². The van der Waals surface area contributed by atoms with Crippen molar-refractivity contribution in [3.05, 3.63) is 47.3 Å². The molecule has 1 atom stereocenters. The molecule has 6 nitrogen and oxygen atoms in total. The quantitative estimate of drug-likeness (QED) is 0.855. The number of carbonyl (C=O) groups excluding carboxylic acids is 2. The third kappa shape index (κ3) is 3.46. The lowest BCUT2D eigenvalue weighted by Gasteiger charge is -2.23. The van der Waals surface area contributed by atoms with Crippen molar-refractivity contribution in [2.75, 3.05) is 10.6 Å². The summed E-state index contributed by atoms with van der Waals surface area (Å²) in [6.45, 7) is 2.93. The number of alkyl halides is 3. The number of pyridine rings is 1. The molecule has 136 valence electrons. The zero-order valence-electron chi connectivity index (χ0n) is 13.8. The Labute approximate surface area is 146 Å². The number of rotatable bonds is 2. The molecule has 3 rings (SSSR count). The van der Waals surface area contributed by atoms with Crippen LogP contribution < -0.4 is 15.4 Å². The minimum Gasteiger partial charge on any atom is -0.479 e. The maximum absolute atomic E-state index is 12.7. The van der Waals surface area contributed by atoms with E-state index in [-0.39, 0.29) is 17.2 Å². The van der Waals surface area contributed by atoms with E-state index in [4.69, 9.17) is 4.74 Å². The second-order valence-corrected chi connectivity index (χ2v) is 5.74. The van der Waals surface area contributed by atoms with E-state index in [0.29, 0.717) is 17.1 Å². The molecule has 0 aliphatic carbocycles. The first-order valence-corrected chi connectivity index (χ1v) is 7.63. The van der Waals surface area contributed by atoms with Crippen LogP contribution in [0.25, 0.3) is 0 Å². The van der Waals surface area contributed by atoms with Gasteiger partial charge in [0.2, 0.25) is 0 Å². The van der Waals surface area contributed by atoms with Crippen LogP contribution in [-0.2, 0) is 11.0 Å². The maximum atomic E-state index is 12.7. The van der Waals surface area contributed by atoms with Crippen molar-refractivity contribution in [3.8, 4) is 5.75 Å². The van der Waals surface area contributed by atoms with Crippen molar-refractivity contribution in [3.63, 3.8) is 0 Å². The summed E-state index contributed by atoms with van der Waals surface area (Å²) in [5.74, 6) is -0.466. The maximum Gasteiger partial charge on any atom is 0.433 e. The van der Waals surface area contributed by atoms with Gasteiger partial charge in [0.05, 0.1) is 16.9 Å². The van der Waals surface area contributed by atoms with Gasteiger partial charge >= 0.3 is 6.18 Å². The van der Waals surface area contributed by atoms with Crippen molar-refractivity contribution in [2.24, 2.45) is 0 Å². The van der Waals surface area contributed by atoms with Gasteiger partial charge in [0.1, 0.15) is 11.4 Å². The van der Waals surface area contributed by atoms with Gasteiger partial charge in [0, 0.05) is 5.69 Å². The van der Waals surface area contributed by atoms with E-state index in [0.717, 1.165) is 12.1 Å². The standard InChI is InChI=1S/C17H14F3N3O3/c1-8-11(4-6-14(21-8)17(18,19)20)16(25)22-10-3-5-13-12(7-10)23-15(24)9(2)26-13/h3-7,9H,1-2H3,(H,22,25)(H,23,24). The Morgan fingerprint density at radius 3 is 2.65 bits per heavy atom. The fourth-order valence-corrected chi connectivity index (χ4v) is 2.44. The Kier molecular flexibility index (Phi) is 4.31. The number of halogens is 3. The van der Waals surface area contributed by atoms with E-state index in [1.165, 1.54) is 13.0 Å². The van der Waals surface area contributed by atoms with E-state index >= 15 is 0 Å². The van der Waals surface area contributed by atoms with Gasteiger partial charge in [-0.25, -0.2) is 4.98 Å². The van der Waals surface area contributed by atoms with Gasteiger partial charge in [-0.05, 0) is 44.2 Å². The summed E-state index contributed by atoms with van der Waals surface area (Å²) in [6.07, 6.45) is -5.20. The minimum atomic E-state index is -4.58. The summed E-state index contributed by atoms with van der Waals surface area (Å²) in [7, 11) is 0. The second kappa shape index (κ2) is 6.32. The van der Waals surface area contributed by atoms with E-state index < -0.39 is 23.9 Å². The number of nitrogens with zero attached hydrogens (tertiary/aromatic N) is 1. The molecule has 0 saturated carbocycles. The molecule has 2 N–H and O–H groups in total. The number of aromatic nitrogens is 1. The average molecular weight is 365 g/mol. The van der Waals surface area contributed by atoms with Crippen molar-refractivity contribution >= 4 is 23.2 Å². The number of hydrogen-bond donors (Lipinski definition) is 2. The minimum absolute atomic E-state index is 0.0182. The van der Waals surface area contributed by atoms with Gasteiger partial charge in [-0.2, -0.15) is 13.2 Å². The van der Waals surface area contributed by atoms with Gasteiger partial charge < -0.3 is 15.4 Å².